The molecule has 0 radical (unpaired) electrons. The Morgan fingerprint density at radius 2 is 2.21 bits per heavy atom. The summed E-state index contributed by atoms with van der Waals surface area (Å²) in [6, 6.07) is 6.76. The van der Waals surface area contributed by atoms with Crippen LogP contribution in [0.2, 0.25) is 0 Å². The number of pyridine rings is 1. The summed E-state index contributed by atoms with van der Waals surface area (Å²) in [5.74, 6) is 0. The van der Waals surface area contributed by atoms with Gasteiger partial charge in [0.2, 0.25) is 0 Å². The Bertz CT molecular complexity index is 246. The van der Waals surface area contributed by atoms with Crippen LogP contribution >= 0.6 is 0 Å². The van der Waals surface area contributed by atoms with Crippen LogP contribution in [-0.2, 0) is 6.42 Å². The Labute approximate surface area is 87.0 Å². The topological polar surface area (TPSA) is 16.1 Å². The Kier molecular flexibility index (Phi) is 4.60. The lowest BCUT2D eigenvalue weighted by Gasteiger charge is -2.22. The molecular formula is C12H20N2. The van der Waals surface area contributed by atoms with E-state index in [1.807, 2.05) is 18.3 Å². The number of nitrogens with zero attached hydrogens (tertiary/aromatic N) is 2. The molecule has 2 nitrogen and oxygen atoms in total. The van der Waals surface area contributed by atoms with Crippen molar-refractivity contribution < 1.29 is 0 Å². The highest BCUT2D eigenvalue weighted by Gasteiger charge is 2.06. The molecule has 0 spiro atoms. The third-order valence-corrected chi connectivity index (χ3v) is 2.79. The minimum absolute atomic E-state index is 0.665. The molecule has 1 atom stereocenters. The average Bonchev–Trinajstić information content (AvgIpc) is 2.26. The largest absolute Gasteiger partial charge is 0.303 e. The molecule has 14 heavy (non-hydrogen) atoms. The molecule has 0 fully saturated rings. The van der Waals surface area contributed by atoms with Crippen molar-refractivity contribution >= 4 is 0 Å². The van der Waals surface area contributed by atoms with Gasteiger partial charge in [0.05, 0.1) is 0 Å². The lowest BCUT2D eigenvalue weighted by Crippen LogP contribution is -2.30. The molecule has 1 aromatic rings. The van der Waals surface area contributed by atoms with E-state index in [1.165, 1.54) is 12.1 Å². The summed E-state index contributed by atoms with van der Waals surface area (Å²) >= 11 is 0. The number of likely N-dealkylation sites (N-methyl/N-ethyl adjacent to an activating group) is 1. The van der Waals surface area contributed by atoms with Crippen molar-refractivity contribution in [3.05, 3.63) is 30.1 Å². The van der Waals surface area contributed by atoms with Gasteiger partial charge < -0.3 is 4.90 Å². The van der Waals surface area contributed by atoms with Gasteiger partial charge in [0.1, 0.15) is 0 Å². The highest BCUT2D eigenvalue weighted by Crippen LogP contribution is 2.02. The first-order chi connectivity index (χ1) is 6.74. The van der Waals surface area contributed by atoms with E-state index >= 15 is 0 Å². The van der Waals surface area contributed by atoms with Crippen LogP contribution in [0, 0.1) is 0 Å². The molecule has 0 bridgehead atoms. The fraction of sp³-hybridized carbons (Fsp3) is 0.583. The standard InChI is InChI=1S/C12H20N2/c1-4-11(2)14(3)10-8-12-7-5-6-9-13-12/h5-7,9,11H,4,8,10H2,1-3H3/t11-/m1/s1. The first kappa shape index (κ1) is 11.2. The zero-order chi connectivity index (χ0) is 10.4. The summed E-state index contributed by atoms with van der Waals surface area (Å²) in [5, 5.41) is 0. The van der Waals surface area contributed by atoms with E-state index in [0.717, 1.165) is 13.0 Å². The van der Waals surface area contributed by atoms with Crippen molar-refractivity contribution in [2.24, 2.45) is 0 Å². The van der Waals surface area contributed by atoms with Crippen LogP contribution in [-0.4, -0.2) is 29.5 Å². The van der Waals surface area contributed by atoms with Gasteiger partial charge in [-0.05, 0) is 32.5 Å². The van der Waals surface area contributed by atoms with Crippen LogP contribution in [0.5, 0.6) is 0 Å². The second-order valence-electron chi connectivity index (χ2n) is 3.81. The predicted molar refractivity (Wildman–Crippen MR) is 60.3 cm³/mol. The normalized spacial score (nSPS) is 13.1. The SMILES string of the molecule is CC[C@@H](C)N(C)CCc1ccccn1. The van der Waals surface area contributed by atoms with E-state index in [2.05, 4.69) is 36.8 Å². The quantitative estimate of drug-likeness (QED) is 0.712. The van der Waals surface area contributed by atoms with Gasteiger partial charge in [0, 0.05) is 30.9 Å². The smallest absolute Gasteiger partial charge is 0.0416 e. The Morgan fingerprint density at radius 1 is 1.43 bits per heavy atom. The second kappa shape index (κ2) is 5.76. The molecule has 1 heterocycles. The van der Waals surface area contributed by atoms with Crippen LogP contribution < -0.4 is 0 Å². The predicted octanol–water partition coefficient (Wildman–Crippen LogP) is 2.35. The van der Waals surface area contributed by atoms with Gasteiger partial charge in [0.25, 0.3) is 0 Å². The number of hydrogen-bond acceptors (Lipinski definition) is 2. The van der Waals surface area contributed by atoms with Crippen molar-refractivity contribution in [3.8, 4) is 0 Å². The van der Waals surface area contributed by atoms with Gasteiger partial charge in [0.15, 0.2) is 0 Å². The third kappa shape index (κ3) is 3.46. The van der Waals surface area contributed by atoms with Crippen LogP contribution in [0.15, 0.2) is 24.4 Å². The summed E-state index contributed by atoms with van der Waals surface area (Å²) in [4.78, 5) is 6.69. The van der Waals surface area contributed by atoms with Gasteiger partial charge >= 0.3 is 0 Å². The Balaban J connectivity index is 2.34. The first-order valence-electron chi connectivity index (χ1n) is 5.34. The Morgan fingerprint density at radius 3 is 2.79 bits per heavy atom. The molecule has 0 unspecified atom stereocenters. The van der Waals surface area contributed by atoms with Gasteiger partial charge in [-0.1, -0.05) is 13.0 Å². The van der Waals surface area contributed by atoms with Crippen molar-refractivity contribution in [1.29, 1.82) is 0 Å². The van der Waals surface area contributed by atoms with E-state index in [9.17, 15) is 0 Å². The van der Waals surface area contributed by atoms with Crippen LogP contribution in [0.25, 0.3) is 0 Å². The lowest BCUT2D eigenvalue weighted by atomic mass is 10.2. The van der Waals surface area contributed by atoms with Gasteiger partial charge in [-0.15, -0.1) is 0 Å². The van der Waals surface area contributed by atoms with Gasteiger partial charge in [-0.2, -0.15) is 0 Å². The van der Waals surface area contributed by atoms with Crippen molar-refractivity contribution in [3.63, 3.8) is 0 Å². The van der Waals surface area contributed by atoms with Crippen LogP contribution in [0.3, 0.4) is 0 Å². The molecule has 0 aliphatic carbocycles. The summed E-state index contributed by atoms with van der Waals surface area (Å²) in [6.45, 7) is 5.58. The maximum atomic E-state index is 4.31. The number of hydrogen-bond donors (Lipinski definition) is 0. The highest BCUT2D eigenvalue weighted by atomic mass is 15.1. The zero-order valence-electron chi connectivity index (χ0n) is 9.40. The number of aromatic nitrogens is 1. The fourth-order valence-electron chi connectivity index (χ4n) is 1.37. The molecule has 0 aliphatic heterocycles. The zero-order valence-corrected chi connectivity index (χ0v) is 9.40. The number of rotatable bonds is 5. The van der Waals surface area contributed by atoms with Crippen LogP contribution in [0.4, 0.5) is 0 Å². The summed E-state index contributed by atoms with van der Waals surface area (Å²) in [5.41, 5.74) is 1.18. The molecular weight excluding hydrogens is 172 g/mol. The molecule has 1 rings (SSSR count). The minimum Gasteiger partial charge on any atom is -0.303 e. The highest BCUT2D eigenvalue weighted by molar-refractivity contribution is 5.03. The van der Waals surface area contributed by atoms with Gasteiger partial charge in [-0.3, -0.25) is 4.98 Å². The van der Waals surface area contributed by atoms with Crippen molar-refractivity contribution in [2.45, 2.75) is 32.7 Å². The first-order valence-corrected chi connectivity index (χ1v) is 5.34. The van der Waals surface area contributed by atoms with Gasteiger partial charge in [-0.25, -0.2) is 0 Å². The second-order valence-corrected chi connectivity index (χ2v) is 3.81. The molecule has 0 aliphatic rings. The fourth-order valence-corrected chi connectivity index (χ4v) is 1.37. The molecule has 0 aromatic carbocycles. The van der Waals surface area contributed by atoms with E-state index in [4.69, 9.17) is 0 Å². The van der Waals surface area contributed by atoms with E-state index in [0.29, 0.717) is 6.04 Å². The third-order valence-electron chi connectivity index (χ3n) is 2.79. The average molecular weight is 192 g/mol. The van der Waals surface area contributed by atoms with Crippen molar-refractivity contribution in [2.75, 3.05) is 13.6 Å². The summed E-state index contributed by atoms with van der Waals surface area (Å²) in [6.07, 6.45) is 4.11. The maximum absolute atomic E-state index is 4.31. The Hall–Kier alpha value is -0.890. The molecule has 0 N–H and O–H groups in total. The maximum Gasteiger partial charge on any atom is 0.0416 e. The van der Waals surface area contributed by atoms with E-state index < -0.39 is 0 Å². The summed E-state index contributed by atoms with van der Waals surface area (Å²) in [7, 11) is 2.18. The molecule has 78 valence electrons. The monoisotopic (exact) mass is 192 g/mol. The molecule has 2 heteroatoms. The molecule has 0 saturated heterocycles. The lowest BCUT2D eigenvalue weighted by molar-refractivity contribution is 0.254. The van der Waals surface area contributed by atoms with E-state index in [1.54, 1.807) is 0 Å². The van der Waals surface area contributed by atoms with Crippen LogP contribution in [0.1, 0.15) is 26.0 Å². The minimum atomic E-state index is 0.665. The molecule has 0 amide bonds. The molecule has 0 saturated carbocycles. The van der Waals surface area contributed by atoms with Crippen molar-refractivity contribution in [1.82, 2.24) is 9.88 Å². The molecule has 1 aromatic heterocycles. The summed E-state index contributed by atoms with van der Waals surface area (Å²) < 4.78 is 0. The van der Waals surface area contributed by atoms with E-state index in [-0.39, 0.29) is 0 Å².